The predicted molar refractivity (Wildman–Crippen MR) is 82.6 cm³/mol. The van der Waals surface area contributed by atoms with Crippen molar-refractivity contribution >= 4 is 27.5 Å². The Labute approximate surface area is 129 Å². The molecule has 1 aromatic rings. The topological polar surface area (TPSA) is 66.5 Å². The third kappa shape index (κ3) is 4.30. The summed E-state index contributed by atoms with van der Waals surface area (Å²) in [4.78, 5) is 14.0. The summed E-state index contributed by atoms with van der Waals surface area (Å²) in [6.45, 7) is 4.70. The molecule has 21 heavy (non-hydrogen) atoms. The number of amides is 1. The number of rotatable bonds is 5. The lowest BCUT2D eigenvalue weighted by atomic mass is 10.1. The molecule has 1 saturated heterocycles. The number of hydrogen-bond acceptors (Lipinski definition) is 3. The molecule has 0 radical (unpaired) electrons. The van der Waals surface area contributed by atoms with Crippen LogP contribution < -0.4 is 4.72 Å². The van der Waals surface area contributed by atoms with Crippen LogP contribution in [0.3, 0.4) is 0 Å². The Morgan fingerprint density at radius 1 is 1.52 bits per heavy atom. The highest BCUT2D eigenvalue weighted by Crippen LogP contribution is 2.20. The molecule has 1 aliphatic rings. The van der Waals surface area contributed by atoms with Gasteiger partial charge in [0, 0.05) is 35.6 Å². The SMILES string of the molecule is C=CS(=O)(=O)NCC1CCN(C(=O)c2cccc(Cl)c2)C1. The predicted octanol–water partition coefficient (Wildman–Crippen LogP) is 1.86. The zero-order chi connectivity index (χ0) is 15.5. The second-order valence-electron chi connectivity index (χ2n) is 4.98. The van der Waals surface area contributed by atoms with Crippen molar-refractivity contribution < 1.29 is 13.2 Å². The van der Waals surface area contributed by atoms with Crippen LogP contribution in [0, 0.1) is 5.92 Å². The van der Waals surface area contributed by atoms with E-state index in [0.717, 1.165) is 11.8 Å². The smallest absolute Gasteiger partial charge is 0.253 e. The normalized spacial score (nSPS) is 18.7. The molecule has 5 nitrogen and oxygen atoms in total. The van der Waals surface area contributed by atoms with E-state index in [4.69, 9.17) is 11.6 Å². The summed E-state index contributed by atoms with van der Waals surface area (Å²) in [7, 11) is -3.41. The van der Waals surface area contributed by atoms with Crippen LogP contribution in [0.2, 0.25) is 5.02 Å². The van der Waals surface area contributed by atoms with Crippen LogP contribution in [-0.4, -0.2) is 38.9 Å². The first-order valence-corrected chi connectivity index (χ1v) is 8.50. The number of sulfonamides is 1. The van der Waals surface area contributed by atoms with Crippen molar-refractivity contribution in [2.75, 3.05) is 19.6 Å². The summed E-state index contributed by atoms with van der Waals surface area (Å²) in [5.41, 5.74) is 0.551. The molecule has 0 spiro atoms. The lowest BCUT2D eigenvalue weighted by Gasteiger charge is -2.17. The van der Waals surface area contributed by atoms with Crippen molar-refractivity contribution in [3.05, 3.63) is 46.8 Å². The molecule has 1 amide bonds. The number of benzene rings is 1. The summed E-state index contributed by atoms with van der Waals surface area (Å²) in [5.74, 6) is 0.0365. The average molecular weight is 329 g/mol. The van der Waals surface area contributed by atoms with Gasteiger partial charge < -0.3 is 4.90 Å². The molecule has 7 heteroatoms. The molecule has 0 aromatic heterocycles. The van der Waals surface area contributed by atoms with Crippen LogP contribution in [0.4, 0.5) is 0 Å². The molecule has 1 unspecified atom stereocenters. The Bertz CT molecular complexity index is 645. The third-order valence-corrected chi connectivity index (χ3v) is 4.68. The van der Waals surface area contributed by atoms with E-state index in [1.165, 1.54) is 0 Å². The van der Waals surface area contributed by atoms with Crippen molar-refractivity contribution in [1.82, 2.24) is 9.62 Å². The van der Waals surface area contributed by atoms with E-state index in [-0.39, 0.29) is 11.8 Å². The van der Waals surface area contributed by atoms with E-state index in [2.05, 4.69) is 11.3 Å². The van der Waals surface area contributed by atoms with E-state index in [9.17, 15) is 13.2 Å². The van der Waals surface area contributed by atoms with E-state index in [0.29, 0.717) is 30.2 Å². The zero-order valence-electron chi connectivity index (χ0n) is 11.5. The fraction of sp³-hybridized carbons (Fsp3) is 0.357. The average Bonchev–Trinajstić information content (AvgIpc) is 2.93. The zero-order valence-corrected chi connectivity index (χ0v) is 13.0. The highest BCUT2D eigenvalue weighted by molar-refractivity contribution is 7.92. The summed E-state index contributed by atoms with van der Waals surface area (Å²) < 4.78 is 25.1. The van der Waals surface area contributed by atoms with Crippen LogP contribution in [-0.2, 0) is 10.0 Å². The molecule has 114 valence electrons. The molecule has 0 aliphatic carbocycles. The van der Waals surface area contributed by atoms with Crippen LogP contribution >= 0.6 is 11.6 Å². The first-order valence-electron chi connectivity index (χ1n) is 6.58. The largest absolute Gasteiger partial charge is 0.338 e. The van der Waals surface area contributed by atoms with Crippen molar-refractivity contribution in [3.8, 4) is 0 Å². The van der Waals surface area contributed by atoms with Gasteiger partial charge >= 0.3 is 0 Å². The van der Waals surface area contributed by atoms with E-state index in [1.54, 1.807) is 29.2 Å². The van der Waals surface area contributed by atoms with Crippen molar-refractivity contribution in [3.63, 3.8) is 0 Å². The van der Waals surface area contributed by atoms with Gasteiger partial charge in [0.15, 0.2) is 0 Å². The summed E-state index contributed by atoms with van der Waals surface area (Å²) in [6.07, 6.45) is 0.770. The molecule has 0 saturated carbocycles. The highest BCUT2D eigenvalue weighted by Gasteiger charge is 2.27. The Morgan fingerprint density at radius 3 is 2.95 bits per heavy atom. The highest BCUT2D eigenvalue weighted by atomic mass is 35.5. The minimum absolute atomic E-state index is 0.0772. The van der Waals surface area contributed by atoms with E-state index < -0.39 is 10.0 Å². The number of hydrogen-bond donors (Lipinski definition) is 1. The lowest BCUT2D eigenvalue weighted by Crippen LogP contribution is -2.32. The van der Waals surface area contributed by atoms with Crippen LogP contribution in [0.1, 0.15) is 16.8 Å². The number of carbonyl (C=O) groups is 1. The van der Waals surface area contributed by atoms with Gasteiger partial charge in [-0.25, -0.2) is 13.1 Å². The standard InChI is InChI=1S/C14H17ClN2O3S/c1-2-21(19,20)16-9-11-6-7-17(10-11)14(18)12-4-3-5-13(15)8-12/h2-5,8,11,16H,1,6-7,9-10H2. The van der Waals surface area contributed by atoms with Crippen molar-refractivity contribution in [2.24, 2.45) is 5.92 Å². The van der Waals surface area contributed by atoms with Crippen LogP contribution in [0.25, 0.3) is 0 Å². The van der Waals surface area contributed by atoms with Crippen LogP contribution in [0.5, 0.6) is 0 Å². The quantitative estimate of drug-likeness (QED) is 0.897. The number of halogens is 1. The molecule has 1 atom stereocenters. The van der Waals surface area contributed by atoms with Gasteiger partial charge in [-0.15, -0.1) is 0 Å². The monoisotopic (exact) mass is 328 g/mol. The first-order chi connectivity index (χ1) is 9.91. The minimum Gasteiger partial charge on any atom is -0.338 e. The molecule has 1 heterocycles. The maximum Gasteiger partial charge on any atom is 0.253 e. The Balaban J connectivity index is 1.93. The molecule has 1 aromatic carbocycles. The first kappa shape index (κ1) is 16.0. The molecule has 1 aliphatic heterocycles. The third-order valence-electron chi connectivity index (χ3n) is 3.44. The van der Waals surface area contributed by atoms with E-state index >= 15 is 0 Å². The second kappa shape index (κ2) is 6.60. The molecular weight excluding hydrogens is 312 g/mol. The number of likely N-dealkylation sites (tertiary alicyclic amines) is 1. The van der Waals surface area contributed by atoms with Gasteiger partial charge in [0.05, 0.1) is 0 Å². The Kier molecular flexibility index (Phi) is 5.03. The van der Waals surface area contributed by atoms with Crippen molar-refractivity contribution in [2.45, 2.75) is 6.42 Å². The Morgan fingerprint density at radius 2 is 2.29 bits per heavy atom. The van der Waals surface area contributed by atoms with Crippen LogP contribution in [0.15, 0.2) is 36.3 Å². The number of carbonyl (C=O) groups excluding carboxylic acids is 1. The molecule has 2 rings (SSSR count). The van der Waals surface area contributed by atoms with Gasteiger partial charge in [0.2, 0.25) is 10.0 Å². The van der Waals surface area contributed by atoms with Gasteiger partial charge in [-0.3, -0.25) is 4.79 Å². The molecule has 1 fully saturated rings. The summed E-state index contributed by atoms with van der Waals surface area (Å²) in [6, 6.07) is 6.82. The minimum atomic E-state index is -3.41. The summed E-state index contributed by atoms with van der Waals surface area (Å²) in [5, 5.41) is 1.41. The maximum atomic E-state index is 12.3. The molecular formula is C14H17ClN2O3S. The van der Waals surface area contributed by atoms with Gasteiger partial charge in [-0.1, -0.05) is 24.2 Å². The molecule has 1 N–H and O–H groups in total. The maximum absolute atomic E-state index is 12.3. The van der Waals surface area contributed by atoms with Gasteiger partial charge in [0.25, 0.3) is 5.91 Å². The fourth-order valence-corrected chi connectivity index (χ4v) is 3.06. The Hall–Kier alpha value is -1.37. The molecule has 0 bridgehead atoms. The fourth-order valence-electron chi connectivity index (χ4n) is 2.28. The second-order valence-corrected chi connectivity index (χ2v) is 7.12. The van der Waals surface area contributed by atoms with Crippen molar-refractivity contribution in [1.29, 1.82) is 0 Å². The number of nitrogens with one attached hydrogen (secondary N) is 1. The summed E-state index contributed by atoms with van der Waals surface area (Å²) >= 11 is 5.88. The van der Waals surface area contributed by atoms with Gasteiger partial charge in [0.1, 0.15) is 0 Å². The number of nitrogens with zero attached hydrogens (tertiary/aromatic N) is 1. The lowest BCUT2D eigenvalue weighted by molar-refractivity contribution is 0.0787. The van der Waals surface area contributed by atoms with E-state index in [1.807, 2.05) is 0 Å². The van der Waals surface area contributed by atoms with Gasteiger partial charge in [-0.05, 0) is 30.5 Å². The van der Waals surface area contributed by atoms with Gasteiger partial charge in [-0.2, -0.15) is 0 Å².